The van der Waals surface area contributed by atoms with Crippen LogP contribution in [0.1, 0.15) is 57.3 Å². The van der Waals surface area contributed by atoms with Crippen LogP contribution in [0.25, 0.3) is 11.2 Å². The second-order valence-corrected chi connectivity index (χ2v) is 7.86. The molecule has 2 aromatic rings. The molecule has 21 heavy (non-hydrogen) atoms. The molecule has 0 spiro atoms. The minimum Gasteiger partial charge on any atom is -0.308 e. The summed E-state index contributed by atoms with van der Waals surface area (Å²) in [6.45, 7) is 6.69. The molecule has 0 radical (unpaired) electrons. The third-order valence-corrected chi connectivity index (χ3v) is 5.50. The zero-order chi connectivity index (χ0) is 15.1. The molecule has 0 bridgehead atoms. The van der Waals surface area contributed by atoms with Crippen LogP contribution in [0, 0.1) is 11.8 Å². The van der Waals surface area contributed by atoms with E-state index in [4.69, 9.17) is 16.6 Å². The largest absolute Gasteiger partial charge is 0.308 e. The van der Waals surface area contributed by atoms with Crippen molar-refractivity contribution in [1.29, 1.82) is 0 Å². The molecule has 5 heteroatoms. The van der Waals surface area contributed by atoms with Gasteiger partial charge in [-0.3, -0.25) is 0 Å². The van der Waals surface area contributed by atoms with Crippen LogP contribution < -0.4 is 0 Å². The fourth-order valence-corrected chi connectivity index (χ4v) is 3.97. The highest BCUT2D eigenvalue weighted by Gasteiger charge is 2.32. The summed E-state index contributed by atoms with van der Waals surface area (Å²) in [5.41, 5.74) is 1.89. The number of aromatic nitrogens is 3. The van der Waals surface area contributed by atoms with E-state index in [0.29, 0.717) is 12.0 Å². The van der Waals surface area contributed by atoms with E-state index >= 15 is 0 Å². The first-order chi connectivity index (χ1) is 9.99. The number of rotatable bonds is 2. The fourth-order valence-electron chi connectivity index (χ4n) is 3.50. The van der Waals surface area contributed by atoms with E-state index in [9.17, 15) is 0 Å². The smallest absolute Gasteiger partial charge is 0.160 e. The molecule has 2 heterocycles. The number of halogens is 2. The topological polar surface area (TPSA) is 30.7 Å². The Balaban J connectivity index is 2.17. The molecule has 0 N–H and O–H groups in total. The minimum absolute atomic E-state index is 0.109. The van der Waals surface area contributed by atoms with Gasteiger partial charge in [0, 0.05) is 16.7 Å². The lowest BCUT2D eigenvalue weighted by molar-refractivity contribution is 0.186. The van der Waals surface area contributed by atoms with Crippen molar-refractivity contribution in [3.63, 3.8) is 0 Å². The Kier molecular flexibility index (Phi) is 4.28. The number of imidazole rings is 1. The third kappa shape index (κ3) is 2.72. The summed E-state index contributed by atoms with van der Waals surface area (Å²) in [5.74, 6) is 2.30. The van der Waals surface area contributed by atoms with E-state index in [1.165, 1.54) is 19.3 Å². The summed E-state index contributed by atoms with van der Waals surface area (Å²) in [6.07, 6.45) is 5.61. The molecule has 0 saturated heterocycles. The molecule has 1 saturated carbocycles. The first kappa shape index (κ1) is 15.3. The van der Waals surface area contributed by atoms with E-state index in [-0.39, 0.29) is 5.38 Å². The van der Waals surface area contributed by atoms with Gasteiger partial charge in [-0.25, -0.2) is 9.97 Å². The molecule has 1 aliphatic carbocycles. The first-order valence-corrected chi connectivity index (χ1v) is 8.89. The van der Waals surface area contributed by atoms with E-state index in [1.807, 2.05) is 19.2 Å². The lowest BCUT2D eigenvalue weighted by Crippen LogP contribution is -2.28. The fraction of sp³-hybridized carbons (Fsp3) is 0.625. The molecule has 0 aromatic carbocycles. The van der Waals surface area contributed by atoms with Gasteiger partial charge in [-0.05, 0) is 47.2 Å². The van der Waals surface area contributed by atoms with Gasteiger partial charge in [0.1, 0.15) is 11.3 Å². The average Bonchev–Trinajstić information content (AvgIpc) is 2.80. The lowest BCUT2D eigenvalue weighted by Gasteiger charge is -2.36. The van der Waals surface area contributed by atoms with Crippen molar-refractivity contribution in [1.82, 2.24) is 14.5 Å². The maximum Gasteiger partial charge on any atom is 0.160 e. The van der Waals surface area contributed by atoms with Crippen LogP contribution in [-0.2, 0) is 0 Å². The first-order valence-electron chi connectivity index (χ1n) is 7.66. The van der Waals surface area contributed by atoms with Crippen molar-refractivity contribution < 1.29 is 0 Å². The van der Waals surface area contributed by atoms with Gasteiger partial charge in [0.15, 0.2) is 5.65 Å². The van der Waals surface area contributed by atoms with Crippen molar-refractivity contribution in [3.8, 4) is 0 Å². The molecule has 3 rings (SSSR count). The normalized spacial score (nSPS) is 28.0. The van der Waals surface area contributed by atoms with Gasteiger partial charge < -0.3 is 4.57 Å². The van der Waals surface area contributed by atoms with Crippen molar-refractivity contribution in [2.75, 3.05) is 0 Å². The lowest BCUT2D eigenvalue weighted by atomic mass is 9.78. The Labute approximate surface area is 139 Å². The predicted octanol–water partition coefficient (Wildman–Crippen LogP) is 5.49. The van der Waals surface area contributed by atoms with Crippen LogP contribution in [0.15, 0.2) is 16.7 Å². The molecule has 1 aliphatic rings. The van der Waals surface area contributed by atoms with E-state index in [0.717, 1.165) is 27.4 Å². The number of nitrogens with zero attached hydrogens (tertiary/aromatic N) is 3. The van der Waals surface area contributed by atoms with E-state index < -0.39 is 0 Å². The van der Waals surface area contributed by atoms with Crippen LogP contribution in [0.3, 0.4) is 0 Å². The highest BCUT2D eigenvalue weighted by molar-refractivity contribution is 9.10. The van der Waals surface area contributed by atoms with Crippen molar-refractivity contribution in [2.24, 2.45) is 11.8 Å². The summed E-state index contributed by atoms with van der Waals surface area (Å²) in [5, 5.41) is -0.109. The highest BCUT2D eigenvalue weighted by Crippen LogP contribution is 2.41. The van der Waals surface area contributed by atoms with Gasteiger partial charge in [-0.15, -0.1) is 11.6 Å². The Hall–Kier alpha value is -0.610. The van der Waals surface area contributed by atoms with Gasteiger partial charge in [0.2, 0.25) is 0 Å². The van der Waals surface area contributed by atoms with Crippen LogP contribution >= 0.6 is 27.5 Å². The maximum atomic E-state index is 6.40. The van der Waals surface area contributed by atoms with Crippen molar-refractivity contribution in [2.45, 2.75) is 51.5 Å². The molecule has 3 nitrogen and oxygen atoms in total. The third-order valence-electron chi connectivity index (χ3n) is 4.88. The molecular formula is C16H21BrClN3. The second kappa shape index (κ2) is 5.88. The second-order valence-electron chi connectivity index (χ2n) is 6.29. The van der Waals surface area contributed by atoms with Gasteiger partial charge in [0.05, 0.1) is 5.38 Å². The van der Waals surface area contributed by atoms with Crippen LogP contribution in [0.2, 0.25) is 0 Å². The molecule has 0 amide bonds. The average molecular weight is 371 g/mol. The van der Waals surface area contributed by atoms with Gasteiger partial charge in [-0.2, -0.15) is 0 Å². The highest BCUT2D eigenvalue weighted by atomic mass is 79.9. The zero-order valence-corrected chi connectivity index (χ0v) is 15.0. The summed E-state index contributed by atoms with van der Waals surface area (Å²) in [4.78, 5) is 9.36. The van der Waals surface area contributed by atoms with Crippen molar-refractivity contribution in [3.05, 3.63) is 22.6 Å². The molecule has 2 aromatic heterocycles. The number of alkyl halides is 1. The Bertz CT molecular complexity index is 652. The molecule has 0 aliphatic heterocycles. The summed E-state index contributed by atoms with van der Waals surface area (Å²) in [7, 11) is 0. The Morgan fingerprint density at radius 2 is 2.14 bits per heavy atom. The van der Waals surface area contributed by atoms with Crippen LogP contribution in [-0.4, -0.2) is 14.5 Å². The zero-order valence-electron chi connectivity index (χ0n) is 12.7. The molecule has 4 unspecified atom stereocenters. The monoisotopic (exact) mass is 369 g/mol. The van der Waals surface area contributed by atoms with Crippen molar-refractivity contribution >= 4 is 38.7 Å². The predicted molar refractivity (Wildman–Crippen MR) is 90.7 cm³/mol. The SMILES string of the molecule is CC(Cl)c1nc2cc(Br)cnc2n1C1CCCC(C)C1C. The molecule has 4 atom stereocenters. The van der Waals surface area contributed by atoms with Crippen LogP contribution in [0.4, 0.5) is 0 Å². The van der Waals surface area contributed by atoms with E-state index in [2.05, 4.69) is 39.3 Å². The summed E-state index contributed by atoms with van der Waals surface area (Å²) < 4.78 is 3.26. The van der Waals surface area contributed by atoms with Gasteiger partial charge >= 0.3 is 0 Å². The summed E-state index contributed by atoms with van der Waals surface area (Å²) in [6, 6.07) is 2.47. The van der Waals surface area contributed by atoms with E-state index in [1.54, 1.807) is 0 Å². The maximum absolute atomic E-state index is 6.40. The molecular weight excluding hydrogens is 350 g/mol. The molecule has 114 valence electrons. The summed E-state index contributed by atoms with van der Waals surface area (Å²) >= 11 is 9.88. The van der Waals surface area contributed by atoms with Gasteiger partial charge in [0.25, 0.3) is 0 Å². The van der Waals surface area contributed by atoms with Gasteiger partial charge in [-0.1, -0.05) is 26.7 Å². The minimum atomic E-state index is -0.109. The number of hydrogen-bond donors (Lipinski definition) is 0. The number of hydrogen-bond acceptors (Lipinski definition) is 2. The standard InChI is InChI=1S/C16H21BrClN3/c1-9-5-4-6-14(10(9)2)21-15(11(3)18)20-13-7-12(17)8-19-16(13)21/h7-11,14H,4-6H2,1-3H3. The quantitative estimate of drug-likeness (QED) is 0.654. The Morgan fingerprint density at radius 3 is 2.86 bits per heavy atom. The number of pyridine rings is 1. The van der Waals surface area contributed by atoms with Crippen LogP contribution in [0.5, 0.6) is 0 Å². The Morgan fingerprint density at radius 1 is 1.38 bits per heavy atom. The molecule has 1 fully saturated rings. The number of fused-ring (bicyclic) bond motifs is 1.